The van der Waals surface area contributed by atoms with Crippen molar-refractivity contribution in [3.05, 3.63) is 77.4 Å². The Morgan fingerprint density at radius 2 is 1.88 bits per heavy atom. The van der Waals surface area contributed by atoms with Crippen molar-refractivity contribution in [2.24, 2.45) is 5.73 Å². The number of H-pyrrole nitrogens is 1. The van der Waals surface area contributed by atoms with Crippen LogP contribution in [0.15, 0.2) is 54.6 Å². The van der Waals surface area contributed by atoms with Crippen molar-refractivity contribution < 1.29 is 41.7 Å². The maximum Gasteiger partial charge on any atom is 0.424 e. The fraction of sp³-hybridized carbons (Fsp3) is 0.276. The van der Waals surface area contributed by atoms with Gasteiger partial charge < -0.3 is 30.6 Å². The van der Waals surface area contributed by atoms with Crippen LogP contribution in [0.25, 0.3) is 22.2 Å². The standard InChI is InChI=1S/C29H26F4N4O5/c1-3-41-18-8-9-20-16(10-18)11-21(36-20)25(38)35-13-28(40,29(31,32)33)22-12-19-24(42-14-27(19,2)26(34)39)23(37-22)15-4-6-17(30)7-5-15/h4-12,36,40H,3,13-14H2,1-2H3,(H2,34,39)(H,35,38)/t27-,28-/m0/s1. The van der Waals surface area contributed by atoms with Crippen molar-refractivity contribution >= 4 is 22.7 Å². The first-order valence-electron chi connectivity index (χ1n) is 12.8. The Labute approximate surface area is 236 Å². The Bertz CT molecular complexity index is 1690. The Balaban J connectivity index is 1.55. The summed E-state index contributed by atoms with van der Waals surface area (Å²) in [6.45, 7) is 2.01. The molecule has 1 aliphatic rings. The fourth-order valence-electron chi connectivity index (χ4n) is 4.73. The third-order valence-electron chi connectivity index (χ3n) is 7.28. The van der Waals surface area contributed by atoms with Gasteiger partial charge in [-0.05, 0) is 68.4 Å². The van der Waals surface area contributed by atoms with E-state index >= 15 is 0 Å². The highest BCUT2D eigenvalue weighted by atomic mass is 19.4. The van der Waals surface area contributed by atoms with Crippen molar-refractivity contribution in [2.45, 2.75) is 31.0 Å². The second kappa shape index (κ2) is 10.3. The van der Waals surface area contributed by atoms with E-state index in [1.54, 1.807) is 18.2 Å². The Morgan fingerprint density at radius 1 is 1.17 bits per heavy atom. The zero-order chi connectivity index (χ0) is 30.4. The van der Waals surface area contributed by atoms with Crippen molar-refractivity contribution in [2.75, 3.05) is 19.8 Å². The lowest BCUT2D eigenvalue weighted by Crippen LogP contribution is -2.52. The average Bonchev–Trinajstić information content (AvgIpc) is 3.53. The number of ether oxygens (including phenoxy) is 2. The van der Waals surface area contributed by atoms with Crippen LogP contribution in [0.5, 0.6) is 11.5 Å². The van der Waals surface area contributed by atoms with Gasteiger partial charge in [0.15, 0.2) is 0 Å². The number of carbonyl (C=O) groups is 2. The molecule has 1 aliphatic heterocycles. The van der Waals surface area contributed by atoms with E-state index in [9.17, 15) is 32.3 Å². The average molecular weight is 587 g/mol. The van der Waals surface area contributed by atoms with Crippen LogP contribution in [-0.2, 0) is 15.8 Å². The zero-order valence-electron chi connectivity index (χ0n) is 22.4. The number of rotatable bonds is 8. The lowest BCUT2D eigenvalue weighted by molar-refractivity contribution is -0.265. The van der Waals surface area contributed by atoms with Gasteiger partial charge in [-0.25, -0.2) is 9.37 Å². The minimum absolute atomic E-state index is 0.0234. The molecule has 0 saturated carbocycles. The second-order valence-electron chi connectivity index (χ2n) is 10.1. The van der Waals surface area contributed by atoms with Gasteiger partial charge in [0.2, 0.25) is 11.5 Å². The smallest absolute Gasteiger partial charge is 0.424 e. The minimum Gasteiger partial charge on any atom is -0.494 e. The molecule has 0 fully saturated rings. The van der Waals surface area contributed by atoms with E-state index in [1.807, 2.05) is 6.92 Å². The SMILES string of the molecule is CCOc1ccc2[nH]c(C(=O)NC[C@](O)(c3cc4c(c(-c5ccc(F)cc5)n3)OC[C@]4(C)C(N)=O)C(F)(F)F)cc2c1. The predicted octanol–water partition coefficient (Wildman–Crippen LogP) is 4.08. The predicted molar refractivity (Wildman–Crippen MR) is 143 cm³/mol. The maximum atomic E-state index is 14.6. The molecule has 13 heteroatoms. The largest absolute Gasteiger partial charge is 0.494 e. The summed E-state index contributed by atoms with van der Waals surface area (Å²) in [6.07, 6.45) is -5.34. The highest BCUT2D eigenvalue weighted by Crippen LogP contribution is 2.47. The van der Waals surface area contributed by atoms with Gasteiger partial charge in [-0.2, -0.15) is 13.2 Å². The summed E-state index contributed by atoms with van der Waals surface area (Å²) in [7, 11) is 0. The van der Waals surface area contributed by atoms with Crippen molar-refractivity contribution in [1.82, 2.24) is 15.3 Å². The lowest BCUT2D eigenvalue weighted by Gasteiger charge is -2.31. The number of alkyl halides is 3. The quantitative estimate of drug-likeness (QED) is 0.230. The molecule has 0 aliphatic carbocycles. The number of halogens is 4. The summed E-state index contributed by atoms with van der Waals surface area (Å²) in [5.74, 6) is -1.87. The zero-order valence-corrected chi connectivity index (χ0v) is 22.4. The first-order chi connectivity index (χ1) is 19.8. The molecule has 5 rings (SSSR count). The third kappa shape index (κ3) is 4.89. The van der Waals surface area contributed by atoms with E-state index in [-0.39, 0.29) is 34.9 Å². The fourth-order valence-corrected chi connectivity index (χ4v) is 4.73. The number of amides is 2. The summed E-state index contributed by atoms with van der Waals surface area (Å²) >= 11 is 0. The molecule has 9 nitrogen and oxygen atoms in total. The van der Waals surface area contributed by atoms with Crippen molar-refractivity contribution in [3.63, 3.8) is 0 Å². The molecule has 0 bridgehead atoms. The van der Waals surface area contributed by atoms with Crippen LogP contribution in [0.1, 0.15) is 35.6 Å². The molecule has 2 aromatic heterocycles. The molecule has 3 heterocycles. The van der Waals surface area contributed by atoms with Gasteiger partial charge in [0, 0.05) is 22.0 Å². The number of benzene rings is 2. The molecule has 2 amide bonds. The van der Waals surface area contributed by atoms with Crippen molar-refractivity contribution in [1.29, 1.82) is 0 Å². The Hall–Kier alpha value is -4.65. The number of nitrogens with two attached hydrogens (primary N) is 1. The van der Waals surface area contributed by atoms with Gasteiger partial charge in [-0.15, -0.1) is 0 Å². The molecular weight excluding hydrogens is 560 g/mol. The van der Waals surface area contributed by atoms with Crippen LogP contribution in [0.4, 0.5) is 17.6 Å². The van der Waals surface area contributed by atoms with Gasteiger partial charge in [-0.1, -0.05) is 0 Å². The number of nitrogens with one attached hydrogen (secondary N) is 2. The molecular formula is C29H26F4N4O5. The number of carbonyl (C=O) groups excluding carboxylic acids is 2. The Kier molecular flexibility index (Phi) is 7.09. The number of primary amides is 1. The number of hydrogen-bond donors (Lipinski definition) is 4. The Morgan fingerprint density at radius 3 is 2.52 bits per heavy atom. The number of pyridine rings is 1. The summed E-state index contributed by atoms with van der Waals surface area (Å²) < 4.78 is 68.4. The first kappa shape index (κ1) is 28.9. The van der Waals surface area contributed by atoms with E-state index < -0.39 is 47.1 Å². The van der Waals surface area contributed by atoms with Crippen molar-refractivity contribution in [3.8, 4) is 22.8 Å². The topological polar surface area (TPSA) is 140 Å². The molecule has 0 radical (unpaired) electrons. The molecule has 220 valence electrons. The van der Waals surface area contributed by atoms with E-state index in [4.69, 9.17) is 15.2 Å². The van der Waals surface area contributed by atoms with E-state index in [0.717, 1.165) is 18.2 Å². The molecule has 0 saturated heterocycles. The van der Waals surface area contributed by atoms with Gasteiger partial charge in [0.05, 0.1) is 18.8 Å². The monoisotopic (exact) mass is 586 g/mol. The van der Waals surface area contributed by atoms with Gasteiger partial charge in [-0.3, -0.25) is 9.59 Å². The highest BCUT2D eigenvalue weighted by Gasteiger charge is 2.57. The number of nitrogens with zero attached hydrogens (tertiary/aromatic N) is 1. The molecule has 4 aromatic rings. The molecule has 5 N–H and O–H groups in total. The maximum absolute atomic E-state index is 14.6. The van der Waals surface area contributed by atoms with E-state index in [0.29, 0.717) is 23.3 Å². The molecule has 42 heavy (non-hydrogen) atoms. The van der Waals surface area contributed by atoms with Crippen LogP contribution in [-0.4, -0.2) is 52.8 Å². The molecule has 0 spiro atoms. The number of aliphatic hydroxyl groups is 1. The normalized spacial score (nSPS) is 17.8. The number of aromatic amines is 1. The van der Waals surface area contributed by atoms with Crippen LogP contribution in [0, 0.1) is 5.82 Å². The van der Waals surface area contributed by atoms with Gasteiger partial charge in [0.1, 0.15) is 40.7 Å². The number of fused-ring (bicyclic) bond motifs is 2. The van der Waals surface area contributed by atoms with Gasteiger partial charge in [0.25, 0.3) is 5.91 Å². The summed E-state index contributed by atoms with van der Waals surface area (Å²) in [6, 6.07) is 12.0. The van der Waals surface area contributed by atoms with Crippen LogP contribution in [0.2, 0.25) is 0 Å². The molecule has 2 atom stereocenters. The highest BCUT2D eigenvalue weighted by molar-refractivity contribution is 5.98. The minimum atomic E-state index is -5.34. The summed E-state index contributed by atoms with van der Waals surface area (Å²) in [4.78, 5) is 32.2. The lowest BCUT2D eigenvalue weighted by atomic mass is 9.81. The molecule has 0 unspecified atom stereocenters. The molecule has 2 aromatic carbocycles. The van der Waals surface area contributed by atoms with Gasteiger partial charge >= 0.3 is 6.18 Å². The van der Waals surface area contributed by atoms with Crippen LogP contribution < -0.4 is 20.5 Å². The van der Waals surface area contributed by atoms with Crippen LogP contribution in [0.3, 0.4) is 0 Å². The summed E-state index contributed by atoms with van der Waals surface area (Å²) in [5, 5.41) is 13.9. The summed E-state index contributed by atoms with van der Waals surface area (Å²) in [5.41, 5.74) is -0.127. The second-order valence-corrected chi connectivity index (χ2v) is 10.1. The van der Waals surface area contributed by atoms with Crippen LogP contribution >= 0.6 is 0 Å². The van der Waals surface area contributed by atoms with E-state index in [1.165, 1.54) is 25.1 Å². The number of aromatic nitrogens is 2. The first-order valence-corrected chi connectivity index (χ1v) is 12.8. The van der Waals surface area contributed by atoms with E-state index in [2.05, 4.69) is 15.3 Å². The third-order valence-corrected chi connectivity index (χ3v) is 7.28. The number of hydrogen-bond acceptors (Lipinski definition) is 6.